The maximum atomic E-state index is 15.1. The highest BCUT2D eigenvalue weighted by Crippen LogP contribution is 2.29. The molecular formula is C42H60N6O9. The molecule has 2 aliphatic heterocycles. The number of aliphatic carboxylic acids is 3. The van der Waals surface area contributed by atoms with E-state index in [1.807, 2.05) is 60.7 Å². The van der Waals surface area contributed by atoms with E-state index in [0.717, 1.165) is 16.0 Å². The fraction of sp³-hybridized carbons (Fsp3) is 0.571. The van der Waals surface area contributed by atoms with E-state index >= 15 is 4.79 Å². The predicted molar refractivity (Wildman–Crippen MR) is 213 cm³/mol. The normalized spacial score (nSPS) is 18.8. The third-order valence-electron chi connectivity index (χ3n) is 11.1. The number of carbonyl (C=O) groups is 6. The number of aryl methyl sites for hydroxylation is 2. The average Bonchev–Trinajstić information content (AvgIpc) is 3.91. The molecule has 2 fully saturated rings. The number of likely N-dealkylation sites (tertiary alicyclic amines) is 2. The smallest absolute Gasteiger partial charge is 0.326 e. The van der Waals surface area contributed by atoms with E-state index in [4.69, 9.17) is 11.5 Å². The molecule has 312 valence electrons. The van der Waals surface area contributed by atoms with E-state index in [1.165, 1.54) is 9.80 Å². The van der Waals surface area contributed by atoms with Gasteiger partial charge in [-0.1, -0.05) is 67.1 Å². The van der Waals surface area contributed by atoms with E-state index in [0.29, 0.717) is 58.0 Å². The number of nitrogens with one attached hydrogen (secondary N) is 1. The number of hydrogen-bond donors (Lipinski definition) is 6. The largest absolute Gasteiger partial charge is 0.480 e. The van der Waals surface area contributed by atoms with Crippen molar-refractivity contribution < 1.29 is 44.1 Å². The van der Waals surface area contributed by atoms with Crippen molar-refractivity contribution in [2.24, 2.45) is 11.5 Å². The topological polar surface area (TPSA) is 237 Å². The van der Waals surface area contributed by atoms with Gasteiger partial charge < -0.3 is 41.5 Å². The predicted octanol–water partition coefficient (Wildman–Crippen LogP) is 2.64. The number of nitrogens with zero attached hydrogens (tertiary/aromatic N) is 3. The third-order valence-corrected chi connectivity index (χ3v) is 11.1. The second-order valence-electron chi connectivity index (χ2n) is 15.1. The first-order valence-corrected chi connectivity index (χ1v) is 20.3. The minimum atomic E-state index is -1.49. The van der Waals surface area contributed by atoms with Crippen molar-refractivity contribution in [3.8, 4) is 0 Å². The fourth-order valence-corrected chi connectivity index (χ4v) is 8.10. The fourth-order valence-electron chi connectivity index (χ4n) is 8.10. The zero-order chi connectivity index (χ0) is 41.3. The van der Waals surface area contributed by atoms with Gasteiger partial charge in [0.25, 0.3) is 0 Å². The number of carboxylic acids is 3. The summed E-state index contributed by atoms with van der Waals surface area (Å²) < 4.78 is 0. The lowest BCUT2D eigenvalue weighted by atomic mass is 9.97. The molecule has 8 N–H and O–H groups in total. The molecule has 0 spiro atoms. The van der Waals surface area contributed by atoms with Gasteiger partial charge in [-0.05, 0) is 108 Å². The molecule has 6 atom stereocenters. The third kappa shape index (κ3) is 12.6. The lowest BCUT2D eigenvalue weighted by Crippen LogP contribution is -2.62. The molecule has 0 bridgehead atoms. The number of amides is 3. The Morgan fingerprint density at radius 1 is 0.632 bits per heavy atom. The average molecular weight is 793 g/mol. The van der Waals surface area contributed by atoms with Gasteiger partial charge in [-0.15, -0.1) is 0 Å². The van der Waals surface area contributed by atoms with Crippen LogP contribution in [0.15, 0.2) is 60.7 Å². The van der Waals surface area contributed by atoms with Crippen LogP contribution < -0.4 is 16.8 Å². The van der Waals surface area contributed by atoms with Crippen LogP contribution in [0.1, 0.15) is 88.2 Å². The van der Waals surface area contributed by atoms with Crippen molar-refractivity contribution in [1.82, 2.24) is 20.0 Å². The van der Waals surface area contributed by atoms with Crippen LogP contribution in [0.25, 0.3) is 0 Å². The summed E-state index contributed by atoms with van der Waals surface area (Å²) in [5.41, 5.74) is 13.4. The second kappa shape index (κ2) is 22.8. The highest BCUT2D eigenvalue weighted by Gasteiger charge is 2.48. The first kappa shape index (κ1) is 44.8. The molecule has 2 saturated heterocycles. The summed E-state index contributed by atoms with van der Waals surface area (Å²) in [4.78, 5) is 86.0. The van der Waals surface area contributed by atoms with Crippen LogP contribution in [0.2, 0.25) is 0 Å². The van der Waals surface area contributed by atoms with Gasteiger partial charge in [-0.3, -0.25) is 24.5 Å². The summed E-state index contributed by atoms with van der Waals surface area (Å²) in [7, 11) is 0. The molecule has 15 heteroatoms. The minimum Gasteiger partial charge on any atom is -0.480 e. The second-order valence-corrected chi connectivity index (χ2v) is 15.1. The molecule has 2 aromatic rings. The van der Waals surface area contributed by atoms with Gasteiger partial charge in [0.05, 0.1) is 6.04 Å². The van der Waals surface area contributed by atoms with Gasteiger partial charge in [-0.25, -0.2) is 9.59 Å². The zero-order valence-electron chi connectivity index (χ0n) is 32.8. The monoisotopic (exact) mass is 792 g/mol. The maximum absolute atomic E-state index is 15.1. The van der Waals surface area contributed by atoms with Gasteiger partial charge in [0, 0.05) is 13.1 Å². The Labute approximate surface area is 334 Å². The molecule has 0 aromatic heterocycles. The number of carboxylic acid groups (broad SMARTS) is 3. The van der Waals surface area contributed by atoms with E-state index < -0.39 is 71.9 Å². The Morgan fingerprint density at radius 3 is 1.68 bits per heavy atom. The van der Waals surface area contributed by atoms with Crippen molar-refractivity contribution >= 4 is 35.6 Å². The number of rotatable bonds is 24. The molecule has 15 nitrogen and oxygen atoms in total. The Balaban J connectivity index is 1.71. The Hall–Kier alpha value is -4.86. The van der Waals surface area contributed by atoms with E-state index in [2.05, 4.69) is 5.32 Å². The summed E-state index contributed by atoms with van der Waals surface area (Å²) >= 11 is 0. The zero-order valence-corrected chi connectivity index (χ0v) is 32.8. The summed E-state index contributed by atoms with van der Waals surface area (Å²) in [5.74, 6) is -5.46. The molecule has 0 radical (unpaired) electrons. The first-order chi connectivity index (χ1) is 27.5. The molecule has 57 heavy (non-hydrogen) atoms. The first-order valence-electron chi connectivity index (χ1n) is 20.3. The molecule has 2 heterocycles. The summed E-state index contributed by atoms with van der Waals surface area (Å²) in [6, 6.07) is 11.5. The minimum absolute atomic E-state index is 0.0419. The highest BCUT2D eigenvalue weighted by molar-refractivity contribution is 5.97. The van der Waals surface area contributed by atoms with Crippen molar-refractivity contribution in [3.05, 3.63) is 71.8 Å². The number of benzene rings is 2. The Bertz CT molecular complexity index is 1630. The maximum Gasteiger partial charge on any atom is 0.326 e. The molecule has 2 aliphatic rings. The van der Waals surface area contributed by atoms with Gasteiger partial charge in [0.15, 0.2) is 0 Å². The van der Waals surface area contributed by atoms with Gasteiger partial charge >= 0.3 is 17.9 Å². The van der Waals surface area contributed by atoms with E-state index in [9.17, 15) is 39.3 Å². The number of carbonyl (C=O) groups excluding carboxylic acids is 3. The van der Waals surface area contributed by atoms with E-state index in [-0.39, 0.29) is 58.0 Å². The molecular weight excluding hydrogens is 732 g/mol. The lowest BCUT2D eigenvalue weighted by molar-refractivity contribution is -0.163. The van der Waals surface area contributed by atoms with Crippen LogP contribution in [0.3, 0.4) is 0 Å². The van der Waals surface area contributed by atoms with E-state index in [1.54, 1.807) is 0 Å². The molecule has 0 unspecified atom stereocenters. The highest BCUT2D eigenvalue weighted by atomic mass is 16.4. The Kier molecular flexibility index (Phi) is 17.9. The standard InChI is InChI=1S/C42H60N6O9/c43-25-9-7-17-31(45-32(40(52)53)23-21-29-13-3-1-4-14-29)37(49)46-27-11-19-33(46)39(51)48(36(42(56)57)24-22-30-15-5-2-6-16-30)34(18-8-10-26-44)38(50)47-28-12-20-35(47)41(54)55/h1-6,13-16,31-36,45H,7-12,17-28,43-44H2,(H,52,53)(H,54,55)(H,56,57)/t31-,32-,33-,34-,35-,36-/m0/s1. The number of nitrogens with two attached hydrogens (primary N) is 2. The number of hydrogen-bond acceptors (Lipinski definition) is 9. The lowest BCUT2D eigenvalue weighted by Gasteiger charge is -2.41. The summed E-state index contributed by atoms with van der Waals surface area (Å²) in [6.07, 6.45) is 4.43. The van der Waals surface area contributed by atoms with Crippen molar-refractivity contribution in [2.45, 2.75) is 126 Å². The van der Waals surface area contributed by atoms with Crippen LogP contribution in [0.5, 0.6) is 0 Å². The number of unbranched alkanes of at least 4 members (excludes halogenated alkanes) is 2. The molecule has 0 aliphatic carbocycles. The van der Waals surface area contributed by atoms with Crippen molar-refractivity contribution in [3.63, 3.8) is 0 Å². The van der Waals surface area contributed by atoms with Crippen LogP contribution in [-0.2, 0) is 41.6 Å². The summed E-state index contributed by atoms with van der Waals surface area (Å²) in [5, 5.41) is 34.1. The van der Waals surface area contributed by atoms with Crippen LogP contribution >= 0.6 is 0 Å². The van der Waals surface area contributed by atoms with Crippen LogP contribution in [0, 0.1) is 0 Å². The molecule has 0 saturated carbocycles. The molecule has 2 aromatic carbocycles. The van der Waals surface area contributed by atoms with Gasteiger partial charge in [-0.2, -0.15) is 0 Å². The van der Waals surface area contributed by atoms with Gasteiger partial charge in [0.2, 0.25) is 17.7 Å². The quantitative estimate of drug-likeness (QED) is 0.0842. The van der Waals surface area contributed by atoms with Crippen LogP contribution in [-0.4, -0.2) is 128 Å². The summed E-state index contributed by atoms with van der Waals surface area (Å²) in [6.45, 7) is 0.974. The van der Waals surface area contributed by atoms with Crippen molar-refractivity contribution in [2.75, 3.05) is 26.2 Å². The molecule has 4 rings (SSSR count). The SMILES string of the molecule is NCCCC[C@H](N[C@@H](CCc1ccccc1)C(=O)O)C(=O)N1CCC[C@H]1C(=O)N([C@@H](CCc1ccccc1)C(=O)O)[C@@H](CCCCN)C(=O)N1CCC[C@H]1C(=O)O. The van der Waals surface area contributed by atoms with Crippen molar-refractivity contribution in [1.29, 1.82) is 0 Å². The van der Waals surface area contributed by atoms with Crippen LogP contribution in [0.4, 0.5) is 0 Å². The Morgan fingerprint density at radius 2 is 1.16 bits per heavy atom. The van der Waals surface area contributed by atoms with Gasteiger partial charge in [0.1, 0.15) is 30.2 Å². The molecule has 3 amide bonds.